The van der Waals surface area contributed by atoms with Crippen LogP contribution < -0.4 is 5.32 Å². The van der Waals surface area contributed by atoms with Crippen LogP contribution in [-0.2, 0) is 11.2 Å². The topological polar surface area (TPSA) is 34.2 Å². The summed E-state index contributed by atoms with van der Waals surface area (Å²) in [5.41, 5.74) is 1.33. The normalized spacial score (nSPS) is 23.0. The number of nitrogens with zero attached hydrogens (tertiary/aromatic N) is 1. The zero-order valence-electron chi connectivity index (χ0n) is 12.9. The Morgan fingerprint density at radius 2 is 2.24 bits per heavy atom. The third-order valence-corrected chi connectivity index (χ3v) is 5.19. The maximum atomic E-state index is 5.80. The largest absolute Gasteiger partial charge is 0.381 e. The van der Waals surface area contributed by atoms with Crippen molar-refractivity contribution >= 4 is 21.6 Å². The van der Waals surface area contributed by atoms with Crippen molar-refractivity contribution in [3.05, 3.63) is 29.3 Å². The molecule has 1 saturated heterocycles. The van der Waals surface area contributed by atoms with Crippen molar-refractivity contribution in [1.82, 2.24) is 10.3 Å². The highest BCUT2D eigenvalue weighted by Crippen LogP contribution is 2.34. The number of hydrogen-bond donors (Lipinski definition) is 1. The van der Waals surface area contributed by atoms with Gasteiger partial charge in [0.15, 0.2) is 0 Å². The summed E-state index contributed by atoms with van der Waals surface area (Å²) in [4.78, 5) is 4.81. The first kappa shape index (κ1) is 14.9. The highest BCUT2D eigenvalue weighted by atomic mass is 32.1. The average molecular weight is 304 g/mol. The van der Waals surface area contributed by atoms with Gasteiger partial charge in [-0.1, -0.05) is 26.0 Å². The third-order valence-electron chi connectivity index (χ3n) is 4.15. The molecular formula is C17H24N2OS. The Morgan fingerprint density at radius 3 is 2.95 bits per heavy atom. The SMILES string of the molecule is CC(C)NCC1(Cc2nc3ccccc3s2)CCCOC1. The Morgan fingerprint density at radius 1 is 1.38 bits per heavy atom. The first-order chi connectivity index (χ1) is 10.2. The van der Waals surface area contributed by atoms with Crippen molar-refractivity contribution in [2.24, 2.45) is 5.41 Å². The van der Waals surface area contributed by atoms with Gasteiger partial charge >= 0.3 is 0 Å². The Bertz CT molecular complexity index is 554. The standard InChI is InChI=1S/C17H24N2OS/c1-13(2)18-11-17(8-5-9-20-12-17)10-16-19-14-6-3-4-7-15(14)21-16/h3-4,6-7,13,18H,5,8-12H2,1-2H3. The second kappa shape index (κ2) is 6.42. The minimum absolute atomic E-state index is 0.205. The van der Waals surface area contributed by atoms with E-state index in [4.69, 9.17) is 9.72 Å². The number of thiazole rings is 1. The van der Waals surface area contributed by atoms with E-state index in [1.807, 2.05) is 11.3 Å². The monoisotopic (exact) mass is 304 g/mol. The molecule has 0 amide bonds. The van der Waals surface area contributed by atoms with Crippen LogP contribution >= 0.6 is 11.3 Å². The van der Waals surface area contributed by atoms with E-state index in [0.29, 0.717) is 6.04 Å². The molecule has 0 aliphatic carbocycles. The third kappa shape index (κ3) is 3.62. The van der Waals surface area contributed by atoms with Crippen LogP contribution in [0.15, 0.2) is 24.3 Å². The summed E-state index contributed by atoms with van der Waals surface area (Å²) < 4.78 is 7.09. The van der Waals surface area contributed by atoms with Crippen LogP contribution in [0.4, 0.5) is 0 Å². The van der Waals surface area contributed by atoms with Crippen molar-refractivity contribution < 1.29 is 4.74 Å². The van der Waals surface area contributed by atoms with Crippen LogP contribution in [0, 0.1) is 5.41 Å². The minimum Gasteiger partial charge on any atom is -0.381 e. The first-order valence-electron chi connectivity index (χ1n) is 7.82. The molecule has 2 aromatic rings. The molecule has 3 nitrogen and oxygen atoms in total. The van der Waals surface area contributed by atoms with E-state index in [9.17, 15) is 0 Å². The average Bonchev–Trinajstić information content (AvgIpc) is 2.88. The molecule has 0 radical (unpaired) electrons. The molecule has 4 heteroatoms. The Hall–Kier alpha value is -0.970. The molecule has 1 unspecified atom stereocenters. The summed E-state index contributed by atoms with van der Waals surface area (Å²) in [6, 6.07) is 8.92. The summed E-state index contributed by atoms with van der Waals surface area (Å²) in [5.74, 6) is 0. The molecule has 1 N–H and O–H groups in total. The number of nitrogens with one attached hydrogen (secondary N) is 1. The second-order valence-electron chi connectivity index (χ2n) is 6.44. The number of ether oxygens (including phenoxy) is 1. The van der Waals surface area contributed by atoms with Gasteiger partial charge in [0, 0.05) is 31.0 Å². The number of fused-ring (bicyclic) bond motifs is 1. The van der Waals surface area contributed by atoms with Crippen LogP contribution in [0.2, 0.25) is 0 Å². The number of para-hydroxylation sites is 1. The summed E-state index contributed by atoms with van der Waals surface area (Å²) in [5, 5.41) is 4.85. The molecule has 2 heterocycles. The lowest BCUT2D eigenvalue weighted by Gasteiger charge is -2.37. The van der Waals surface area contributed by atoms with Crippen molar-refractivity contribution in [1.29, 1.82) is 0 Å². The van der Waals surface area contributed by atoms with Crippen LogP contribution in [0.5, 0.6) is 0 Å². The molecule has 1 atom stereocenters. The number of benzene rings is 1. The molecule has 1 aliphatic heterocycles. The quantitative estimate of drug-likeness (QED) is 0.916. The van der Waals surface area contributed by atoms with Crippen molar-refractivity contribution in [3.63, 3.8) is 0 Å². The maximum Gasteiger partial charge on any atom is 0.0945 e. The van der Waals surface area contributed by atoms with E-state index in [1.165, 1.54) is 16.1 Å². The van der Waals surface area contributed by atoms with Crippen LogP contribution in [0.1, 0.15) is 31.7 Å². The van der Waals surface area contributed by atoms with Gasteiger partial charge in [-0.15, -0.1) is 11.3 Å². The summed E-state index contributed by atoms with van der Waals surface area (Å²) in [7, 11) is 0. The molecule has 1 aromatic carbocycles. The van der Waals surface area contributed by atoms with E-state index in [0.717, 1.165) is 38.1 Å². The lowest BCUT2D eigenvalue weighted by atomic mass is 9.79. The predicted octanol–water partition coefficient (Wildman–Crippen LogP) is 3.63. The fraction of sp³-hybridized carbons (Fsp3) is 0.588. The van der Waals surface area contributed by atoms with Crippen LogP contribution in [0.3, 0.4) is 0 Å². The fourth-order valence-electron chi connectivity index (χ4n) is 2.99. The number of hydrogen-bond acceptors (Lipinski definition) is 4. The lowest BCUT2D eigenvalue weighted by Crippen LogP contribution is -2.44. The van der Waals surface area contributed by atoms with Gasteiger partial charge in [-0.3, -0.25) is 0 Å². The molecule has 0 bridgehead atoms. The minimum atomic E-state index is 0.205. The number of aromatic nitrogens is 1. The van der Waals surface area contributed by atoms with Crippen molar-refractivity contribution in [2.75, 3.05) is 19.8 Å². The Kier molecular flexibility index (Phi) is 4.57. The number of rotatable bonds is 5. The zero-order chi connectivity index (χ0) is 14.7. The highest BCUT2D eigenvalue weighted by Gasteiger charge is 2.34. The van der Waals surface area contributed by atoms with Crippen LogP contribution in [0.25, 0.3) is 10.2 Å². The van der Waals surface area contributed by atoms with E-state index >= 15 is 0 Å². The van der Waals surface area contributed by atoms with E-state index in [2.05, 4.69) is 43.4 Å². The van der Waals surface area contributed by atoms with E-state index in [-0.39, 0.29) is 5.41 Å². The smallest absolute Gasteiger partial charge is 0.0945 e. The van der Waals surface area contributed by atoms with Gasteiger partial charge in [-0.2, -0.15) is 0 Å². The molecule has 21 heavy (non-hydrogen) atoms. The Labute approximate surface area is 130 Å². The molecular weight excluding hydrogens is 280 g/mol. The van der Waals surface area contributed by atoms with Gasteiger partial charge < -0.3 is 10.1 Å². The molecule has 1 aliphatic rings. The zero-order valence-corrected chi connectivity index (χ0v) is 13.7. The molecule has 3 rings (SSSR count). The van der Waals surface area contributed by atoms with Crippen LogP contribution in [-0.4, -0.2) is 30.8 Å². The molecule has 1 aromatic heterocycles. The van der Waals surface area contributed by atoms with Gasteiger partial charge in [0.2, 0.25) is 0 Å². The Balaban J connectivity index is 1.79. The summed E-state index contributed by atoms with van der Waals surface area (Å²) in [6.07, 6.45) is 3.40. The molecule has 0 spiro atoms. The van der Waals surface area contributed by atoms with E-state index in [1.54, 1.807) is 0 Å². The molecule has 1 fully saturated rings. The maximum absolute atomic E-state index is 5.80. The molecule has 114 valence electrons. The summed E-state index contributed by atoms with van der Waals surface area (Å²) >= 11 is 1.83. The van der Waals surface area contributed by atoms with E-state index < -0.39 is 0 Å². The first-order valence-corrected chi connectivity index (χ1v) is 8.64. The highest BCUT2D eigenvalue weighted by molar-refractivity contribution is 7.18. The van der Waals surface area contributed by atoms with Gasteiger partial charge in [-0.05, 0) is 25.0 Å². The van der Waals surface area contributed by atoms with Gasteiger partial charge in [0.25, 0.3) is 0 Å². The summed E-state index contributed by atoms with van der Waals surface area (Å²) in [6.45, 7) is 7.18. The van der Waals surface area contributed by atoms with Crippen molar-refractivity contribution in [3.8, 4) is 0 Å². The predicted molar refractivity (Wildman–Crippen MR) is 88.9 cm³/mol. The van der Waals surface area contributed by atoms with Gasteiger partial charge in [0.05, 0.1) is 21.8 Å². The molecule has 0 saturated carbocycles. The second-order valence-corrected chi connectivity index (χ2v) is 7.56. The fourth-order valence-corrected chi connectivity index (χ4v) is 4.13. The van der Waals surface area contributed by atoms with Gasteiger partial charge in [0.1, 0.15) is 0 Å². The lowest BCUT2D eigenvalue weighted by molar-refractivity contribution is -0.00801. The van der Waals surface area contributed by atoms with Gasteiger partial charge in [-0.25, -0.2) is 4.98 Å². The van der Waals surface area contributed by atoms with Crippen molar-refractivity contribution in [2.45, 2.75) is 39.2 Å².